The fraction of sp³-hybridized carbons (Fsp3) is 0. The second kappa shape index (κ2) is 2.93. The Morgan fingerprint density at radius 2 is 2.31 bits per heavy atom. The summed E-state index contributed by atoms with van der Waals surface area (Å²) >= 11 is 6.76. The molecule has 0 aliphatic heterocycles. The van der Waals surface area contributed by atoms with E-state index in [2.05, 4.69) is 9.59 Å². The van der Waals surface area contributed by atoms with E-state index < -0.39 is 5.97 Å². The SMILES string of the molecule is O=C(O)c1c(Cl)ccc2nnsc12. The third-order valence-electron chi connectivity index (χ3n) is 1.58. The highest BCUT2D eigenvalue weighted by Crippen LogP contribution is 2.27. The number of rotatable bonds is 1. The summed E-state index contributed by atoms with van der Waals surface area (Å²) in [7, 11) is 0. The predicted molar refractivity (Wildman–Crippen MR) is 49.4 cm³/mol. The second-order valence-corrected chi connectivity index (χ2v) is 3.51. The van der Waals surface area contributed by atoms with Gasteiger partial charge in [-0.1, -0.05) is 16.1 Å². The lowest BCUT2D eigenvalue weighted by Crippen LogP contribution is -1.97. The molecule has 0 atom stereocenters. The molecule has 0 amide bonds. The molecular weight excluding hydrogens is 212 g/mol. The number of carboxylic acids is 1. The second-order valence-electron chi connectivity index (χ2n) is 2.35. The predicted octanol–water partition coefficient (Wildman–Crippen LogP) is 2.04. The largest absolute Gasteiger partial charge is 0.478 e. The van der Waals surface area contributed by atoms with E-state index in [1.807, 2.05) is 0 Å². The van der Waals surface area contributed by atoms with Crippen molar-refractivity contribution >= 4 is 39.3 Å². The summed E-state index contributed by atoms with van der Waals surface area (Å²) in [6.07, 6.45) is 0. The highest BCUT2D eigenvalue weighted by atomic mass is 35.5. The van der Waals surface area contributed by atoms with Gasteiger partial charge in [-0.25, -0.2) is 4.79 Å². The summed E-state index contributed by atoms with van der Waals surface area (Å²) < 4.78 is 4.17. The highest BCUT2D eigenvalue weighted by molar-refractivity contribution is 7.13. The maximum absolute atomic E-state index is 10.8. The van der Waals surface area contributed by atoms with Crippen molar-refractivity contribution in [2.24, 2.45) is 0 Å². The number of fused-ring (bicyclic) bond motifs is 1. The van der Waals surface area contributed by atoms with E-state index in [4.69, 9.17) is 16.7 Å². The van der Waals surface area contributed by atoms with Crippen molar-refractivity contribution in [2.75, 3.05) is 0 Å². The molecule has 4 nitrogen and oxygen atoms in total. The molecule has 0 unspecified atom stereocenters. The average Bonchev–Trinajstić information content (AvgIpc) is 2.50. The maximum Gasteiger partial charge on any atom is 0.338 e. The quantitative estimate of drug-likeness (QED) is 0.789. The van der Waals surface area contributed by atoms with Crippen molar-refractivity contribution < 1.29 is 9.90 Å². The van der Waals surface area contributed by atoms with Crippen LogP contribution in [0.1, 0.15) is 10.4 Å². The fourth-order valence-electron chi connectivity index (χ4n) is 1.02. The number of carboxylic acid groups (broad SMARTS) is 1. The smallest absolute Gasteiger partial charge is 0.338 e. The Balaban J connectivity index is 2.88. The number of carbonyl (C=O) groups is 1. The lowest BCUT2D eigenvalue weighted by Gasteiger charge is -1.97. The topological polar surface area (TPSA) is 63.1 Å². The molecule has 0 fully saturated rings. The summed E-state index contributed by atoms with van der Waals surface area (Å²) in [5.41, 5.74) is 0.640. The van der Waals surface area contributed by atoms with Crippen molar-refractivity contribution in [3.63, 3.8) is 0 Å². The summed E-state index contributed by atoms with van der Waals surface area (Å²) in [5, 5.41) is 12.8. The van der Waals surface area contributed by atoms with Crippen molar-refractivity contribution in [3.8, 4) is 0 Å². The number of benzene rings is 1. The Hall–Kier alpha value is -1.20. The van der Waals surface area contributed by atoms with Crippen LogP contribution in [0.4, 0.5) is 0 Å². The molecule has 2 rings (SSSR count). The third-order valence-corrected chi connectivity index (χ3v) is 2.65. The number of aromatic carboxylic acids is 1. The van der Waals surface area contributed by atoms with Crippen molar-refractivity contribution in [2.45, 2.75) is 0 Å². The van der Waals surface area contributed by atoms with Crippen LogP contribution in [0, 0.1) is 0 Å². The Morgan fingerprint density at radius 3 is 3.00 bits per heavy atom. The number of nitrogens with zero attached hydrogens (tertiary/aromatic N) is 2. The number of aromatic nitrogens is 2. The summed E-state index contributed by atoms with van der Waals surface area (Å²) in [5.74, 6) is -1.05. The van der Waals surface area contributed by atoms with E-state index in [0.29, 0.717) is 10.2 Å². The van der Waals surface area contributed by atoms with Crippen LogP contribution < -0.4 is 0 Å². The van der Waals surface area contributed by atoms with Gasteiger partial charge in [-0.15, -0.1) is 5.10 Å². The first kappa shape index (κ1) is 8.40. The molecule has 13 heavy (non-hydrogen) atoms. The molecule has 0 aliphatic carbocycles. The van der Waals surface area contributed by atoms with Gasteiger partial charge in [-0.05, 0) is 23.7 Å². The fourth-order valence-corrected chi connectivity index (χ4v) is 2.02. The zero-order valence-electron chi connectivity index (χ0n) is 6.19. The zero-order valence-corrected chi connectivity index (χ0v) is 7.76. The molecule has 1 N–H and O–H groups in total. The molecule has 66 valence electrons. The van der Waals surface area contributed by atoms with Crippen LogP contribution in [0.2, 0.25) is 5.02 Å². The molecule has 0 radical (unpaired) electrons. The maximum atomic E-state index is 10.8. The van der Waals surface area contributed by atoms with Crippen LogP contribution in [0.5, 0.6) is 0 Å². The first-order valence-electron chi connectivity index (χ1n) is 3.34. The summed E-state index contributed by atoms with van der Waals surface area (Å²) in [6, 6.07) is 3.16. The van der Waals surface area contributed by atoms with Crippen LogP contribution in [0.3, 0.4) is 0 Å². The summed E-state index contributed by atoms with van der Waals surface area (Å²) in [4.78, 5) is 10.8. The van der Waals surface area contributed by atoms with E-state index in [9.17, 15) is 4.79 Å². The molecule has 1 aromatic carbocycles. The molecule has 1 aromatic heterocycles. The standard InChI is InChI=1S/C7H3ClN2O2S/c8-3-1-2-4-6(13-10-9-4)5(3)7(11)12/h1-2H,(H,11,12). The van der Waals surface area contributed by atoms with Gasteiger partial charge in [-0.3, -0.25) is 0 Å². The van der Waals surface area contributed by atoms with Crippen molar-refractivity contribution in [3.05, 3.63) is 22.7 Å². The van der Waals surface area contributed by atoms with Gasteiger partial charge in [0.1, 0.15) is 5.52 Å². The van der Waals surface area contributed by atoms with Gasteiger partial charge in [0, 0.05) is 0 Å². The monoisotopic (exact) mass is 214 g/mol. The van der Waals surface area contributed by atoms with Gasteiger partial charge in [0.05, 0.1) is 15.3 Å². The van der Waals surface area contributed by atoms with Gasteiger partial charge in [0.15, 0.2) is 0 Å². The third kappa shape index (κ3) is 1.26. The van der Waals surface area contributed by atoms with Crippen molar-refractivity contribution in [1.29, 1.82) is 0 Å². The van der Waals surface area contributed by atoms with Gasteiger partial charge < -0.3 is 5.11 Å². The molecule has 1 heterocycles. The van der Waals surface area contributed by atoms with Crippen LogP contribution >= 0.6 is 23.1 Å². The Kier molecular flexibility index (Phi) is 1.90. The van der Waals surface area contributed by atoms with E-state index in [1.165, 1.54) is 6.07 Å². The van der Waals surface area contributed by atoms with Gasteiger partial charge in [0.2, 0.25) is 0 Å². The zero-order chi connectivity index (χ0) is 9.42. The Labute approximate surface area is 81.9 Å². The molecular formula is C7H3ClN2O2S. The van der Waals surface area contributed by atoms with E-state index in [-0.39, 0.29) is 10.6 Å². The van der Waals surface area contributed by atoms with Gasteiger partial charge >= 0.3 is 5.97 Å². The average molecular weight is 215 g/mol. The Morgan fingerprint density at radius 1 is 1.54 bits per heavy atom. The van der Waals surface area contributed by atoms with Crippen LogP contribution in [0.15, 0.2) is 12.1 Å². The van der Waals surface area contributed by atoms with Crippen LogP contribution in [0.25, 0.3) is 10.2 Å². The van der Waals surface area contributed by atoms with Crippen LogP contribution in [-0.2, 0) is 0 Å². The molecule has 0 spiro atoms. The lowest BCUT2D eigenvalue weighted by molar-refractivity contribution is 0.0699. The highest BCUT2D eigenvalue weighted by Gasteiger charge is 2.15. The number of hydrogen-bond donors (Lipinski definition) is 1. The molecule has 0 bridgehead atoms. The first-order valence-corrected chi connectivity index (χ1v) is 4.49. The first-order chi connectivity index (χ1) is 6.20. The summed E-state index contributed by atoms with van der Waals surface area (Å²) in [6.45, 7) is 0. The molecule has 6 heteroatoms. The molecule has 0 saturated heterocycles. The van der Waals surface area contributed by atoms with Crippen molar-refractivity contribution in [1.82, 2.24) is 9.59 Å². The lowest BCUT2D eigenvalue weighted by atomic mass is 10.2. The van der Waals surface area contributed by atoms with Gasteiger partial charge in [0.25, 0.3) is 0 Å². The number of halogens is 1. The van der Waals surface area contributed by atoms with E-state index >= 15 is 0 Å². The molecule has 0 saturated carbocycles. The minimum Gasteiger partial charge on any atom is -0.478 e. The molecule has 2 aromatic rings. The normalized spacial score (nSPS) is 10.5. The minimum absolute atomic E-state index is 0.0779. The van der Waals surface area contributed by atoms with E-state index in [0.717, 1.165) is 11.5 Å². The minimum atomic E-state index is -1.05. The van der Waals surface area contributed by atoms with E-state index in [1.54, 1.807) is 6.07 Å². The number of hydrogen-bond acceptors (Lipinski definition) is 4. The Bertz CT molecular complexity index is 482. The van der Waals surface area contributed by atoms with Gasteiger partial charge in [-0.2, -0.15) is 0 Å². The molecule has 0 aliphatic rings. The van der Waals surface area contributed by atoms with Crippen LogP contribution in [-0.4, -0.2) is 20.7 Å².